The van der Waals surface area contributed by atoms with Crippen LogP contribution in [0.4, 0.5) is 0 Å². The van der Waals surface area contributed by atoms with E-state index in [4.69, 9.17) is 11.6 Å². The Morgan fingerprint density at radius 1 is 1.43 bits per heavy atom. The molecule has 2 heterocycles. The van der Waals surface area contributed by atoms with E-state index in [1.807, 2.05) is 0 Å². The SMILES string of the molecule is OC1(c2ccncc2Cl)CCNCC1. The average molecular weight is 213 g/mol. The summed E-state index contributed by atoms with van der Waals surface area (Å²) in [4.78, 5) is 3.91. The first kappa shape index (κ1) is 9.90. The number of aromatic nitrogens is 1. The monoisotopic (exact) mass is 212 g/mol. The van der Waals surface area contributed by atoms with E-state index < -0.39 is 5.60 Å². The summed E-state index contributed by atoms with van der Waals surface area (Å²) in [6.45, 7) is 1.66. The van der Waals surface area contributed by atoms with Gasteiger partial charge in [-0.05, 0) is 32.0 Å². The van der Waals surface area contributed by atoms with Gasteiger partial charge in [0.1, 0.15) is 0 Å². The van der Waals surface area contributed by atoms with E-state index in [1.54, 1.807) is 18.5 Å². The van der Waals surface area contributed by atoms with Gasteiger partial charge in [-0.25, -0.2) is 0 Å². The molecule has 0 spiro atoms. The van der Waals surface area contributed by atoms with Crippen molar-refractivity contribution < 1.29 is 5.11 Å². The lowest BCUT2D eigenvalue weighted by molar-refractivity contribution is 0.00597. The average Bonchev–Trinajstić information content (AvgIpc) is 2.19. The smallest absolute Gasteiger partial charge is 0.0936 e. The quantitative estimate of drug-likeness (QED) is 0.738. The van der Waals surface area contributed by atoms with Gasteiger partial charge in [0.25, 0.3) is 0 Å². The molecule has 1 fully saturated rings. The molecule has 3 nitrogen and oxygen atoms in total. The summed E-state index contributed by atoms with van der Waals surface area (Å²) in [7, 11) is 0. The van der Waals surface area contributed by atoms with Crippen LogP contribution in [0.15, 0.2) is 18.5 Å². The number of rotatable bonds is 1. The van der Waals surface area contributed by atoms with Crippen molar-refractivity contribution in [1.82, 2.24) is 10.3 Å². The molecule has 0 saturated carbocycles. The molecule has 1 saturated heterocycles. The van der Waals surface area contributed by atoms with Gasteiger partial charge in [0.15, 0.2) is 0 Å². The minimum Gasteiger partial charge on any atom is -0.385 e. The molecule has 1 aliphatic heterocycles. The zero-order valence-corrected chi connectivity index (χ0v) is 8.59. The highest BCUT2D eigenvalue weighted by atomic mass is 35.5. The van der Waals surface area contributed by atoms with E-state index in [9.17, 15) is 5.11 Å². The molecule has 1 aromatic rings. The van der Waals surface area contributed by atoms with Crippen LogP contribution in [-0.4, -0.2) is 23.2 Å². The highest BCUT2D eigenvalue weighted by Crippen LogP contribution is 2.34. The Morgan fingerprint density at radius 2 is 2.14 bits per heavy atom. The number of aliphatic hydroxyl groups is 1. The molecular formula is C10H13ClN2O. The Balaban J connectivity index is 2.32. The van der Waals surface area contributed by atoms with Crippen LogP contribution in [0, 0.1) is 0 Å². The van der Waals surface area contributed by atoms with Crippen LogP contribution in [0.5, 0.6) is 0 Å². The summed E-state index contributed by atoms with van der Waals surface area (Å²) >= 11 is 6.00. The zero-order chi connectivity index (χ0) is 10.0. The van der Waals surface area contributed by atoms with Crippen LogP contribution in [0.25, 0.3) is 0 Å². The number of hydrogen-bond donors (Lipinski definition) is 2. The largest absolute Gasteiger partial charge is 0.385 e. The third-order valence-electron chi connectivity index (χ3n) is 2.70. The van der Waals surface area contributed by atoms with Crippen molar-refractivity contribution >= 4 is 11.6 Å². The van der Waals surface area contributed by atoms with Gasteiger partial charge in [-0.15, -0.1) is 0 Å². The fourth-order valence-electron chi connectivity index (χ4n) is 1.86. The third-order valence-corrected chi connectivity index (χ3v) is 3.01. The Bertz CT molecular complexity index is 324. The molecule has 14 heavy (non-hydrogen) atoms. The van der Waals surface area contributed by atoms with Crippen molar-refractivity contribution in [1.29, 1.82) is 0 Å². The van der Waals surface area contributed by atoms with Crippen molar-refractivity contribution in [3.8, 4) is 0 Å². The molecule has 0 bridgehead atoms. The second-order valence-electron chi connectivity index (χ2n) is 3.64. The number of nitrogens with one attached hydrogen (secondary N) is 1. The van der Waals surface area contributed by atoms with Gasteiger partial charge in [-0.2, -0.15) is 0 Å². The molecule has 0 amide bonds. The number of piperidine rings is 1. The fourth-order valence-corrected chi connectivity index (χ4v) is 2.16. The van der Waals surface area contributed by atoms with Gasteiger partial charge in [-0.1, -0.05) is 11.6 Å². The maximum atomic E-state index is 10.4. The van der Waals surface area contributed by atoms with Crippen molar-refractivity contribution in [2.24, 2.45) is 0 Å². The Morgan fingerprint density at radius 3 is 2.79 bits per heavy atom. The normalized spacial score (nSPS) is 20.7. The Labute approximate surface area is 88.1 Å². The van der Waals surface area contributed by atoms with E-state index in [-0.39, 0.29) is 0 Å². The minimum atomic E-state index is -0.773. The van der Waals surface area contributed by atoms with E-state index in [0.29, 0.717) is 17.9 Å². The first-order chi connectivity index (χ1) is 6.72. The second-order valence-corrected chi connectivity index (χ2v) is 4.04. The molecule has 0 aliphatic carbocycles. The summed E-state index contributed by atoms with van der Waals surface area (Å²) in [5.41, 5.74) is 0.0290. The summed E-state index contributed by atoms with van der Waals surface area (Å²) in [6.07, 6.45) is 4.66. The lowest BCUT2D eigenvalue weighted by Crippen LogP contribution is -2.39. The van der Waals surface area contributed by atoms with Gasteiger partial charge in [0.2, 0.25) is 0 Å². The van der Waals surface area contributed by atoms with Gasteiger partial charge in [0.05, 0.1) is 10.6 Å². The summed E-state index contributed by atoms with van der Waals surface area (Å²) in [5.74, 6) is 0. The molecule has 1 aliphatic rings. The minimum absolute atomic E-state index is 0.553. The molecule has 0 atom stereocenters. The molecular weight excluding hydrogens is 200 g/mol. The highest BCUT2D eigenvalue weighted by molar-refractivity contribution is 6.31. The molecule has 4 heteroatoms. The van der Waals surface area contributed by atoms with Gasteiger partial charge in [-0.3, -0.25) is 4.98 Å². The first-order valence-corrected chi connectivity index (χ1v) is 5.13. The number of nitrogens with zero attached hydrogens (tertiary/aromatic N) is 1. The van der Waals surface area contributed by atoms with Crippen LogP contribution < -0.4 is 5.32 Å². The van der Waals surface area contributed by atoms with Crippen LogP contribution >= 0.6 is 11.6 Å². The second kappa shape index (κ2) is 3.85. The number of hydrogen-bond acceptors (Lipinski definition) is 3. The lowest BCUT2D eigenvalue weighted by atomic mass is 9.86. The number of halogens is 1. The summed E-state index contributed by atoms with van der Waals surface area (Å²) < 4.78 is 0. The zero-order valence-electron chi connectivity index (χ0n) is 7.83. The maximum Gasteiger partial charge on any atom is 0.0936 e. The van der Waals surface area contributed by atoms with E-state index in [1.165, 1.54) is 0 Å². The highest BCUT2D eigenvalue weighted by Gasteiger charge is 2.32. The predicted octanol–water partition coefficient (Wildman–Crippen LogP) is 1.31. The molecule has 0 unspecified atom stereocenters. The number of pyridine rings is 1. The molecule has 1 aromatic heterocycles. The summed E-state index contributed by atoms with van der Waals surface area (Å²) in [5, 5.41) is 14.1. The summed E-state index contributed by atoms with van der Waals surface area (Å²) in [6, 6.07) is 1.80. The van der Waals surface area contributed by atoms with E-state index in [0.717, 1.165) is 18.7 Å². The van der Waals surface area contributed by atoms with Crippen molar-refractivity contribution in [3.63, 3.8) is 0 Å². The fraction of sp³-hybridized carbons (Fsp3) is 0.500. The van der Waals surface area contributed by atoms with Gasteiger partial charge < -0.3 is 10.4 Å². The van der Waals surface area contributed by atoms with Crippen LogP contribution in [0.3, 0.4) is 0 Å². The third kappa shape index (κ3) is 1.75. The van der Waals surface area contributed by atoms with Crippen molar-refractivity contribution in [3.05, 3.63) is 29.0 Å². The molecule has 2 N–H and O–H groups in total. The first-order valence-electron chi connectivity index (χ1n) is 4.75. The van der Waals surface area contributed by atoms with Crippen LogP contribution in [0.2, 0.25) is 5.02 Å². The maximum absolute atomic E-state index is 10.4. The molecule has 2 rings (SSSR count). The Hall–Kier alpha value is -0.640. The van der Waals surface area contributed by atoms with Gasteiger partial charge >= 0.3 is 0 Å². The molecule has 0 aromatic carbocycles. The van der Waals surface area contributed by atoms with Gasteiger partial charge in [0, 0.05) is 18.0 Å². The molecule has 0 radical (unpaired) electrons. The van der Waals surface area contributed by atoms with Crippen molar-refractivity contribution in [2.75, 3.05) is 13.1 Å². The van der Waals surface area contributed by atoms with Crippen LogP contribution in [-0.2, 0) is 5.60 Å². The predicted molar refractivity (Wildman–Crippen MR) is 55.2 cm³/mol. The van der Waals surface area contributed by atoms with Crippen molar-refractivity contribution in [2.45, 2.75) is 18.4 Å². The lowest BCUT2D eigenvalue weighted by Gasteiger charge is -2.33. The van der Waals surface area contributed by atoms with Crippen LogP contribution in [0.1, 0.15) is 18.4 Å². The standard InChI is InChI=1S/C10H13ClN2O/c11-9-7-13-4-1-8(9)10(14)2-5-12-6-3-10/h1,4,7,12,14H,2-3,5-6H2. The van der Waals surface area contributed by atoms with E-state index >= 15 is 0 Å². The molecule has 76 valence electrons. The van der Waals surface area contributed by atoms with E-state index in [2.05, 4.69) is 10.3 Å². The Kier molecular flexibility index (Phi) is 2.72. The topological polar surface area (TPSA) is 45.2 Å².